The van der Waals surface area contributed by atoms with Gasteiger partial charge >= 0.3 is 0 Å². The number of nitrogens with zero attached hydrogens (tertiary/aromatic N) is 2. The van der Waals surface area contributed by atoms with Crippen LogP contribution in [0.15, 0.2) is 48.5 Å². The first-order valence-corrected chi connectivity index (χ1v) is 14.1. The predicted molar refractivity (Wildman–Crippen MR) is 140 cm³/mol. The Hall–Kier alpha value is -2.87. The molecule has 1 atom stereocenters. The number of anilines is 1. The van der Waals surface area contributed by atoms with E-state index in [1.807, 2.05) is 50.2 Å². The normalized spacial score (nSPS) is 15.3. The van der Waals surface area contributed by atoms with E-state index >= 15 is 0 Å². The zero-order chi connectivity index (χ0) is 25.6. The van der Waals surface area contributed by atoms with Gasteiger partial charge in [-0.2, -0.15) is 0 Å². The van der Waals surface area contributed by atoms with Crippen molar-refractivity contribution in [2.24, 2.45) is 0 Å². The number of carbonyl (C=O) groups is 2. The second-order valence-corrected chi connectivity index (χ2v) is 11.5. The number of aryl methyl sites for hydroxylation is 2. The number of carbonyl (C=O) groups excluding carboxylic acids is 2. The van der Waals surface area contributed by atoms with E-state index in [0.717, 1.165) is 52.9 Å². The third kappa shape index (κ3) is 7.31. The maximum Gasteiger partial charge on any atom is 0.244 e. The van der Waals surface area contributed by atoms with Crippen molar-refractivity contribution in [2.75, 3.05) is 17.1 Å². The fourth-order valence-electron chi connectivity index (χ4n) is 4.48. The fourth-order valence-corrected chi connectivity index (χ4v) is 5.39. The molecule has 2 aromatic carbocycles. The van der Waals surface area contributed by atoms with Crippen molar-refractivity contribution in [1.82, 2.24) is 10.2 Å². The van der Waals surface area contributed by atoms with Crippen LogP contribution in [0, 0.1) is 13.8 Å². The summed E-state index contributed by atoms with van der Waals surface area (Å²) in [4.78, 5) is 28.3. The quantitative estimate of drug-likeness (QED) is 0.566. The first-order valence-electron chi connectivity index (χ1n) is 12.2. The molecule has 1 saturated carbocycles. The van der Waals surface area contributed by atoms with Crippen LogP contribution in [0.5, 0.6) is 0 Å². The van der Waals surface area contributed by atoms with Crippen molar-refractivity contribution in [2.45, 2.75) is 71.5 Å². The average Bonchev–Trinajstić information content (AvgIpc) is 2.82. The lowest BCUT2D eigenvalue weighted by atomic mass is 9.95. The lowest BCUT2D eigenvalue weighted by Crippen LogP contribution is -2.53. The summed E-state index contributed by atoms with van der Waals surface area (Å²) in [6, 6.07) is 14.2. The molecule has 0 spiro atoms. The molecule has 1 N–H and O–H groups in total. The lowest BCUT2D eigenvalue weighted by Gasteiger charge is -2.33. The first kappa shape index (κ1) is 26.7. The summed E-state index contributed by atoms with van der Waals surface area (Å²) in [5.41, 5.74) is 3.18. The van der Waals surface area contributed by atoms with Gasteiger partial charge in [-0.3, -0.25) is 13.9 Å². The minimum atomic E-state index is -3.73. The van der Waals surface area contributed by atoms with Crippen molar-refractivity contribution in [1.29, 1.82) is 0 Å². The van der Waals surface area contributed by atoms with Gasteiger partial charge in [0.15, 0.2) is 0 Å². The lowest BCUT2D eigenvalue weighted by molar-refractivity contribution is -0.139. The molecule has 7 nitrogen and oxygen atoms in total. The second kappa shape index (κ2) is 11.7. The molecule has 190 valence electrons. The van der Waals surface area contributed by atoms with E-state index in [-0.39, 0.29) is 25.0 Å². The Bertz CT molecular complexity index is 1130. The number of sulfonamides is 1. The summed E-state index contributed by atoms with van der Waals surface area (Å²) in [6.07, 6.45) is 6.34. The van der Waals surface area contributed by atoms with E-state index in [0.29, 0.717) is 5.69 Å². The standard InChI is InChI=1S/C27H37N3O4S/c1-20-14-16-23(17-15-20)18-29(22(3)27(32)28-24-11-6-5-7-12-24)26(31)19-30(35(4,33)34)25-13-9-8-10-21(25)2/h8-10,13-17,22,24H,5-7,11-12,18-19H2,1-4H3,(H,28,32)/t22-/m1/s1. The van der Waals surface area contributed by atoms with Crippen LogP contribution in [0.25, 0.3) is 0 Å². The molecule has 0 saturated heterocycles. The van der Waals surface area contributed by atoms with E-state index in [9.17, 15) is 18.0 Å². The number of rotatable bonds is 9. The molecule has 2 aromatic rings. The van der Waals surface area contributed by atoms with Crippen LogP contribution in [0.2, 0.25) is 0 Å². The number of hydrogen-bond donors (Lipinski definition) is 1. The molecule has 3 rings (SSSR count). The van der Waals surface area contributed by atoms with Crippen LogP contribution in [0.3, 0.4) is 0 Å². The van der Waals surface area contributed by atoms with Gasteiger partial charge in [0.05, 0.1) is 11.9 Å². The molecule has 0 aromatic heterocycles. The SMILES string of the molecule is Cc1ccc(CN(C(=O)CN(c2ccccc2C)S(C)(=O)=O)[C@H](C)C(=O)NC2CCCCC2)cc1. The van der Waals surface area contributed by atoms with Gasteiger partial charge in [-0.15, -0.1) is 0 Å². The van der Waals surface area contributed by atoms with Gasteiger partial charge in [-0.25, -0.2) is 8.42 Å². The maximum atomic E-state index is 13.6. The Morgan fingerprint density at radius 3 is 2.23 bits per heavy atom. The first-order chi connectivity index (χ1) is 16.6. The van der Waals surface area contributed by atoms with Gasteiger partial charge in [0.25, 0.3) is 0 Å². The Kier molecular flexibility index (Phi) is 8.94. The Morgan fingerprint density at radius 1 is 1.00 bits per heavy atom. The van der Waals surface area contributed by atoms with Crippen LogP contribution in [0.4, 0.5) is 5.69 Å². The monoisotopic (exact) mass is 499 g/mol. The van der Waals surface area contributed by atoms with Gasteiger partial charge < -0.3 is 10.2 Å². The zero-order valence-corrected chi connectivity index (χ0v) is 22.0. The summed E-state index contributed by atoms with van der Waals surface area (Å²) in [5, 5.41) is 3.11. The molecule has 0 unspecified atom stereocenters. The molecule has 0 bridgehead atoms. The van der Waals surface area contributed by atoms with Crippen LogP contribution in [0.1, 0.15) is 55.7 Å². The van der Waals surface area contributed by atoms with E-state index in [4.69, 9.17) is 0 Å². The molecular formula is C27H37N3O4S. The molecule has 0 radical (unpaired) electrons. The van der Waals surface area contributed by atoms with Gasteiger partial charge in [0, 0.05) is 12.6 Å². The van der Waals surface area contributed by atoms with Crippen LogP contribution in [-0.4, -0.2) is 50.0 Å². The van der Waals surface area contributed by atoms with Crippen LogP contribution in [-0.2, 0) is 26.2 Å². The van der Waals surface area contributed by atoms with E-state index < -0.39 is 22.0 Å². The van der Waals surface area contributed by atoms with Crippen molar-refractivity contribution < 1.29 is 18.0 Å². The highest BCUT2D eigenvalue weighted by atomic mass is 32.2. The van der Waals surface area contributed by atoms with Crippen molar-refractivity contribution in [3.8, 4) is 0 Å². The molecular weight excluding hydrogens is 462 g/mol. The molecule has 0 aliphatic heterocycles. The van der Waals surface area contributed by atoms with E-state index in [1.165, 1.54) is 11.3 Å². The molecule has 1 fully saturated rings. The van der Waals surface area contributed by atoms with Gasteiger partial charge in [0.1, 0.15) is 12.6 Å². The zero-order valence-electron chi connectivity index (χ0n) is 21.2. The maximum absolute atomic E-state index is 13.6. The number of nitrogens with one attached hydrogen (secondary N) is 1. The summed E-state index contributed by atoms with van der Waals surface area (Å²) in [7, 11) is -3.73. The summed E-state index contributed by atoms with van der Waals surface area (Å²) < 4.78 is 26.5. The van der Waals surface area contributed by atoms with Crippen molar-refractivity contribution >= 4 is 27.5 Å². The van der Waals surface area contributed by atoms with E-state index in [2.05, 4.69) is 5.32 Å². The average molecular weight is 500 g/mol. The minimum absolute atomic E-state index is 0.120. The molecule has 1 aliphatic rings. The Morgan fingerprint density at radius 2 is 1.63 bits per heavy atom. The van der Waals surface area contributed by atoms with Crippen LogP contribution >= 0.6 is 0 Å². The summed E-state index contributed by atoms with van der Waals surface area (Å²) in [6.45, 7) is 5.34. The van der Waals surface area contributed by atoms with Gasteiger partial charge in [-0.1, -0.05) is 67.3 Å². The van der Waals surface area contributed by atoms with Gasteiger partial charge in [-0.05, 0) is 50.8 Å². The number of amides is 2. The predicted octanol–water partition coefficient (Wildman–Crippen LogP) is 3.94. The topological polar surface area (TPSA) is 86.8 Å². The largest absolute Gasteiger partial charge is 0.352 e. The summed E-state index contributed by atoms with van der Waals surface area (Å²) >= 11 is 0. The highest BCUT2D eigenvalue weighted by Gasteiger charge is 2.31. The Labute approximate surface area is 209 Å². The Balaban J connectivity index is 1.87. The smallest absolute Gasteiger partial charge is 0.244 e. The second-order valence-electron chi connectivity index (χ2n) is 9.58. The molecule has 8 heteroatoms. The number of hydrogen-bond acceptors (Lipinski definition) is 4. The molecule has 0 heterocycles. The molecule has 35 heavy (non-hydrogen) atoms. The number of benzene rings is 2. The third-order valence-corrected chi connectivity index (χ3v) is 7.78. The highest BCUT2D eigenvalue weighted by Crippen LogP contribution is 2.23. The minimum Gasteiger partial charge on any atom is -0.352 e. The van der Waals surface area contributed by atoms with Gasteiger partial charge in [0.2, 0.25) is 21.8 Å². The molecule has 1 aliphatic carbocycles. The van der Waals surface area contributed by atoms with Crippen molar-refractivity contribution in [3.05, 3.63) is 65.2 Å². The molecule has 2 amide bonds. The van der Waals surface area contributed by atoms with E-state index in [1.54, 1.807) is 19.1 Å². The highest BCUT2D eigenvalue weighted by molar-refractivity contribution is 7.92. The van der Waals surface area contributed by atoms with Crippen LogP contribution < -0.4 is 9.62 Å². The fraction of sp³-hybridized carbons (Fsp3) is 0.481. The summed E-state index contributed by atoms with van der Waals surface area (Å²) in [5.74, 6) is -0.635. The number of para-hydroxylation sites is 1. The van der Waals surface area contributed by atoms with Crippen molar-refractivity contribution in [3.63, 3.8) is 0 Å². The third-order valence-electron chi connectivity index (χ3n) is 6.66.